The van der Waals surface area contributed by atoms with E-state index in [0.29, 0.717) is 41.3 Å². The van der Waals surface area contributed by atoms with Crippen molar-refractivity contribution in [3.8, 4) is 0 Å². The van der Waals surface area contributed by atoms with E-state index >= 15 is 0 Å². The zero-order valence-corrected chi connectivity index (χ0v) is 18.9. The van der Waals surface area contributed by atoms with Crippen LogP contribution in [-0.4, -0.2) is 48.5 Å². The van der Waals surface area contributed by atoms with Gasteiger partial charge in [0.15, 0.2) is 11.5 Å². The summed E-state index contributed by atoms with van der Waals surface area (Å²) < 4.78 is 41.4. The third kappa shape index (κ3) is 4.17. The van der Waals surface area contributed by atoms with E-state index in [1.165, 1.54) is 11.7 Å². The van der Waals surface area contributed by atoms with E-state index in [0.717, 1.165) is 24.5 Å². The molecule has 1 saturated carbocycles. The molecule has 34 heavy (non-hydrogen) atoms. The highest BCUT2D eigenvalue weighted by Crippen LogP contribution is 2.41. The van der Waals surface area contributed by atoms with Crippen molar-refractivity contribution in [2.75, 3.05) is 22.6 Å². The minimum atomic E-state index is -4.49. The molecule has 180 valence electrons. The lowest BCUT2D eigenvalue weighted by Gasteiger charge is -2.35. The first kappa shape index (κ1) is 22.2. The number of hydrogen-bond acceptors (Lipinski definition) is 7. The van der Waals surface area contributed by atoms with E-state index in [-0.39, 0.29) is 18.5 Å². The number of hydrogen-bond donors (Lipinski definition) is 2. The van der Waals surface area contributed by atoms with Crippen molar-refractivity contribution in [1.82, 2.24) is 29.5 Å². The number of carbonyl (C=O) groups is 1. The fourth-order valence-corrected chi connectivity index (χ4v) is 4.21. The van der Waals surface area contributed by atoms with Gasteiger partial charge >= 0.3 is 6.18 Å². The van der Waals surface area contributed by atoms with Gasteiger partial charge in [0, 0.05) is 32.4 Å². The van der Waals surface area contributed by atoms with Crippen LogP contribution >= 0.6 is 0 Å². The molecule has 2 aliphatic rings. The van der Waals surface area contributed by atoms with Crippen LogP contribution in [0.4, 0.5) is 30.6 Å². The molecule has 0 spiro atoms. The SMILES string of the molecule is Cc1nc(NCc2cnn(Cc3cc(C(F)(F)F)nn3C)c2)nc2c1NC(=O)[C@H](C1CC1)N2C. The molecule has 10 nitrogen and oxygen atoms in total. The monoisotopic (exact) mass is 475 g/mol. The minimum absolute atomic E-state index is 0.0203. The van der Waals surface area contributed by atoms with Gasteiger partial charge in [-0.25, -0.2) is 4.98 Å². The van der Waals surface area contributed by atoms with Gasteiger partial charge in [-0.3, -0.25) is 14.2 Å². The molecule has 1 atom stereocenters. The van der Waals surface area contributed by atoms with Crippen molar-refractivity contribution in [2.45, 2.75) is 45.1 Å². The van der Waals surface area contributed by atoms with E-state index in [9.17, 15) is 18.0 Å². The average Bonchev–Trinajstić information content (AvgIpc) is 3.37. The number of anilines is 3. The molecule has 5 rings (SSSR count). The van der Waals surface area contributed by atoms with Crippen LogP contribution in [0.2, 0.25) is 0 Å². The highest BCUT2D eigenvalue weighted by molar-refractivity contribution is 6.03. The van der Waals surface area contributed by atoms with Crippen LogP contribution in [0.5, 0.6) is 0 Å². The zero-order valence-electron chi connectivity index (χ0n) is 18.9. The lowest BCUT2D eigenvalue weighted by atomic mass is 10.1. The molecule has 1 aliphatic heterocycles. The van der Waals surface area contributed by atoms with Crippen molar-refractivity contribution in [1.29, 1.82) is 0 Å². The minimum Gasteiger partial charge on any atom is -0.350 e. The van der Waals surface area contributed by atoms with Crippen LogP contribution in [-0.2, 0) is 31.1 Å². The molecule has 1 fully saturated rings. The predicted octanol–water partition coefficient (Wildman–Crippen LogP) is 2.56. The van der Waals surface area contributed by atoms with E-state index in [2.05, 4.69) is 30.8 Å². The second kappa shape index (κ2) is 7.99. The average molecular weight is 475 g/mol. The summed E-state index contributed by atoms with van der Waals surface area (Å²) in [5, 5.41) is 13.9. The topological polar surface area (TPSA) is 106 Å². The molecule has 0 radical (unpaired) electrons. The van der Waals surface area contributed by atoms with Gasteiger partial charge in [-0.05, 0) is 31.7 Å². The molecular weight excluding hydrogens is 451 g/mol. The lowest BCUT2D eigenvalue weighted by Crippen LogP contribution is -2.48. The molecule has 3 aromatic rings. The number of halogens is 3. The van der Waals surface area contributed by atoms with Gasteiger partial charge < -0.3 is 15.5 Å². The number of alkyl halides is 3. The maximum absolute atomic E-state index is 12.9. The maximum atomic E-state index is 12.9. The van der Waals surface area contributed by atoms with Crippen LogP contribution < -0.4 is 15.5 Å². The molecule has 1 amide bonds. The van der Waals surface area contributed by atoms with Gasteiger partial charge in [-0.1, -0.05) is 0 Å². The quantitative estimate of drug-likeness (QED) is 0.565. The molecule has 1 aliphatic carbocycles. The van der Waals surface area contributed by atoms with Gasteiger partial charge in [0.25, 0.3) is 0 Å². The Morgan fingerprint density at radius 3 is 2.68 bits per heavy atom. The highest BCUT2D eigenvalue weighted by atomic mass is 19.4. The Morgan fingerprint density at radius 1 is 1.24 bits per heavy atom. The number of rotatable bonds is 6. The molecule has 0 unspecified atom stereocenters. The van der Waals surface area contributed by atoms with Gasteiger partial charge in [-0.2, -0.15) is 28.4 Å². The van der Waals surface area contributed by atoms with Gasteiger partial charge in [-0.15, -0.1) is 0 Å². The Bertz CT molecular complexity index is 1240. The van der Waals surface area contributed by atoms with Gasteiger partial charge in [0.05, 0.1) is 24.1 Å². The summed E-state index contributed by atoms with van der Waals surface area (Å²) in [5.41, 5.74) is 1.56. The molecule has 2 N–H and O–H groups in total. The molecule has 3 aromatic heterocycles. The molecule has 0 saturated heterocycles. The largest absolute Gasteiger partial charge is 0.435 e. The van der Waals surface area contributed by atoms with Crippen LogP contribution in [0.3, 0.4) is 0 Å². The Labute approximate surface area is 193 Å². The molecule has 0 aromatic carbocycles. The van der Waals surface area contributed by atoms with Crippen molar-refractivity contribution in [2.24, 2.45) is 13.0 Å². The maximum Gasteiger partial charge on any atom is 0.435 e. The van der Waals surface area contributed by atoms with E-state index < -0.39 is 11.9 Å². The Hall–Kier alpha value is -3.64. The van der Waals surface area contributed by atoms with Crippen LogP contribution in [0.1, 0.15) is 35.5 Å². The third-order valence-electron chi connectivity index (χ3n) is 6.14. The standard InChI is InChI=1S/C21H24F3N9O/c1-11-16-18(31(2)17(13-4-5-13)19(34)28-16)29-20(27-11)25-7-12-8-26-33(9-12)10-14-6-15(21(22,23)24)30-32(14)3/h6,8-9,13,17H,4-5,7,10H2,1-3H3,(H,28,34)(H,25,27,29)/t17-/m0/s1. The number of nitrogens with one attached hydrogen (secondary N) is 2. The molecule has 0 bridgehead atoms. The normalized spacial score (nSPS) is 18.1. The number of aryl methyl sites for hydroxylation is 2. The van der Waals surface area contributed by atoms with Crippen LogP contribution in [0, 0.1) is 12.8 Å². The van der Waals surface area contributed by atoms with Crippen LogP contribution in [0.25, 0.3) is 0 Å². The molecule has 13 heteroatoms. The number of nitrogens with zero attached hydrogens (tertiary/aromatic N) is 7. The number of carbonyl (C=O) groups excluding carboxylic acids is 1. The van der Waals surface area contributed by atoms with E-state index in [1.54, 1.807) is 17.1 Å². The predicted molar refractivity (Wildman–Crippen MR) is 117 cm³/mol. The first-order valence-corrected chi connectivity index (χ1v) is 10.9. The highest BCUT2D eigenvalue weighted by Gasteiger charge is 2.43. The Balaban J connectivity index is 1.27. The lowest BCUT2D eigenvalue weighted by molar-refractivity contribution is -0.141. The third-order valence-corrected chi connectivity index (χ3v) is 6.14. The molecule has 4 heterocycles. The van der Waals surface area contributed by atoms with Crippen molar-refractivity contribution in [3.05, 3.63) is 41.1 Å². The van der Waals surface area contributed by atoms with Crippen molar-refractivity contribution < 1.29 is 18.0 Å². The molecular formula is C21H24F3N9O. The van der Waals surface area contributed by atoms with E-state index in [1.807, 2.05) is 18.9 Å². The van der Waals surface area contributed by atoms with Gasteiger partial charge in [0.1, 0.15) is 11.7 Å². The second-order valence-electron chi connectivity index (χ2n) is 8.76. The Morgan fingerprint density at radius 2 is 2.00 bits per heavy atom. The first-order valence-electron chi connectivity index (χ1n) is 10.9. The number of likely N-dealkylation sites (N-methyl/N-ethyl adjacent to an activating group) is 1. The zero-order chi connectivity index (χ0) is 24.2. The summed E-state index contributed by atoms with van der Waals surface area (Å²) in [4.78, 5) is 23.5. The Kier molecular flexibility index (Phi) is 5.21. The number of aromatic nitrogens is 6. The second-order valence-corrected chi connectivity index (χ2v) is 8.76. The summed E-state index contributed by atoms with van der Waals surface area (Å²) in [6, 6.07) is 0.797. The number of amides is 1. The summed E-state index contributed by atoms with van der Waals surface area (Å²) >= 11 is 0. The van der Waals surface area contributed by atoms with Crippen LogP contribution in [0.15, 0.2) is 18.5 Å². The van der Waals surface area contributed by atoms with E-state index in [4.69, 9.17) is 0 Å². The number of fused-ring (bicyclic) bond motifs is 1. The van der Waals surface area contributed by atoms with Gasteiger partial charge in [0.2, 0.25) is 11.9 Å². The summed E-state index contributed by atoms with van der Waals surface area (Å²) in [6.07, 6.45) is 0.959. The fourth-order valence-electron chi connectivity index (χ4n) is 4.21. The van der Waals surface area contributed by atoms with Crippen molar-refractivity contribution >= 4 is 23.4 Å². The summed E-state index contributed by atoms with van der Waals surface area (Å²) in [6.45, 7) is 2.35. The summed E-state index contributed by atoms with van der Waals surface area (Å²) in [5.74, 6) is 1.43. The summed E-state index contributed by atoms with van der Waals surface area (Å²) in [7, 11) is 3.35. The first-order chi connectivity index (χ1) is 16.1. The fraction of sp³-hybridized carbons (Fsp3) is 0.476. The van der Waals surface area contributed by atoms with Crippen molar-refractivity contribution in [3.63, 3.8) is 0 Å². The smallest absolute Gasteiger partial charge is 0.350 e.